The molecule has 2 heterocycles. The van der Waals surface area contributed by atoms with Crippen molar-refractivity contribution in [2.75, 3.05) is 0 Å². The standard InChI is InChI=1S/C19H17N3OS/c1-4-13-5-7-14(8-6-13)9-15(10-20)17-21-18(23)16-11(2)12(3)24-19(16)22-17/h5-9H,4H2,1-3H3,(H,21,22,23)/b15-9+. The summed E-state index contributed by atoms with van der Waals surface area (Å²) in [5.41, 5.74) is 3.25. The van der Waals surface area contributed by atoms with Crippen LogP contribution in [0.2, 0.25) is 0 Å². The van der Waals surface area contributed by atoms with Crippen molar-refractivity contribution in [1.82, 2.24) is 9.97 Å². The van der Waals surface area contributed by atoms with E-state index in [-0.39, 0.29) is 5.56 Å². The lowest BCUT2D eigenvalue weighted by Crippen LogP contribution is -2.10. The predicted octanol–water partition coefficient (Wildman–Crippen LogP) is 4.23. The van der Waals surface area contributed by atoms with Gasteiger partial charge in [0.1, 0.15) is 10.9 Å². The second-order valence-electron chi connectivity index (χ2n) is 5.64. The van der Waals surface area contributed by atoms with Gasteiger partial charge in [-0.25, -0.2) is 4.98 Å². The lowest BCUT2D eigenvalue weighted by Gasteiger charge is -2.01. The molecule has 0 amide bonds. The first-order valence-corrected chi connectivity index (χ1v) is 8.56. The smallest absolute Gasteiger partial charge is 0.260 e. The molecule has 4 nitrogen and oxygen atoms in total. The number of aryl methyl sites for hydroxylation is 3. The third-order valence-corrected chi connectivity index (χ3v) is 5.21. The van der Waals surface area contributed by atoms with Gasteiger partial charge in [0.2, 0.25) is 0 Å². The zero-order valence-corrected chi connectivity index (χ0v) is 14.6. The zero-order chi connectivity index (χ0) is 17.3. The Kier molecular flexibility index (Phi) is 4.32. The number of hydrogen-bond donors (Lipinski definition) is 1. The molecule has 0 spiro atoms. The number of aromatic amines is 1. The zero-order valence-electron chi connectivity index (χ0n) is 13.8. The maximum Gasteiger partial charge on any atom is 0.260 e. The average Bonchev–Trinajstić information content (AvgIpc) is 2.87. The van der Waals surface area contributed by atoms with E-state index in [4.69, 9.17) is 0 Å². The van der Waals surface area contributed by atoms with Gasteiger partial charge in [0.15, 0.2) is 5.82 Å². The van der Waals surface area contributed by atoms with Crippen LogP contribution in [0, 0.1) is 25.2 Å². The highest BCUT2D eigenvalue weighted by Gasteiger charge is 2.13. The highest BCUT2D eigenvalue weighted by atomic mass is 32.1. The van der Waals surface area contributed by atoms with E-state index in [1.54, 1.807) is 6.08 Å². The number of nitrogens with one attached hydrogen (secondary N) is 1. The molecule has 3 rings (SSSR count). The van der Waals surface area contributed by atoms with Gasteiger partial charge in [-0.05, 0) is 43.0 Å². The van der Waals surface area contributed by atoms with Gasteiger partial charge < -0.3 is 4.98 Å². The fraction of sp³-hybridized carbons (Fsp3) is 0.211. The number of benzene rings is 1. The van der Waals surface area contributed by atoms with Crippen LogP contribution in [0.1, 0.15) is 34.3 Å². The van der Waals surface area contributed by atoms with Gasteiger partial charge in [0.05, 0.1) is 11.0 Å². The Labute approximate surface area is 144 Å². The number of nitrogens with zero attached hydrogens (tertiary/aromatic N) is 2. The van der Waals surface area contributed by atoms with E-state index in [0.29, 0.717) is 21.6 Å². The molecule has 24 heavy (non-hydrogen) atoms. The van der Waals surface area contributed by atoms with Crippen molar-refractivity contribution >= 4 is 33.2 Å². The third-order valence-electron chi connectivity index (χ3n) is 4.11. The molecule has 0 saturated heterocycles. The normalized spacial score (nSPS) is 11.7. The summed E-state index contributed by atoms with van der Waals surface area (Å²) in [6.07, 6.45) is 2.72. The van der Waals surface area contributed by atoms with Gasteiger partial charge in [-0.1, -0.05) is 31.2 Å². The molecule has 0 bridgehead atoms. The van der Waals surface area contributed by atoms with Crippen molar-refractivity contribution in [3.05, 3.63) is 62.0 Å². The topological polar surface area (TPSA) is 69.5 Å². The summed E-state index contributed by atoms with van der Waals surface area (Å²) in [5.74, 6) is 0.316. The molecule has 5 heteroatoms. The van der Waals surface area contributed by atoms with Crippen molar-refractivity contribution < 1.29 is 0 Å². The predicted molar refractivity (Wildman–Crippen MR) is 99.0 cm³/mol. The molecule has 3 aromatic rings. The fourth-order valence-corrected chi connectivity index (χ4v) is 3.58. The molecule has 0 radical (unpaired) electrons. The average molecular weight is 335 g/mol. The molecule has 1 aromatic carbocycles. The highest BCUT2D eigenvalue weighted by Crippen LogP contribution is 2.26. The maximum absolute atomic E-state index is 12.4. The lowest BCUT2D eigenvalue weighted by atomic mass is 10.1. The van der Waals surface area contributed by atoms with Crippen LogP contribution < -0.4 is 5.56 Å². The molecule has 0 aliphatic heterocycles. The highest BCUT2D eigenvalue weighted by molar-refractivity contribution is 7.18. The third kappa shape index (κ3) is 2.89. The first kappa shape index (κ1) is 16.2. The summed E-state index contributed by atoms with van der Waals surface area (Å²) < 4.78 is 0. The summed E-state index contributed by atoms with van der Waals surface area (Å²) in [6, 6.07) is 10.1. The van der Waals surface area contributed by atoms with Crippen LogP contribution in [-0.2, 0) is 6.42 Å². The van der Waals surface area contributed by atoms with Gasteiger partial charge in [-0.15, -0.1) is 11.3 Å². The number of thiophene rings is 1. The Morgan fingerprint density at radius 1 is 1.33 bits per heavy atom. The molecule has 0 aliphatic carbocycles. The van der Waals surface area contributed by atoms with Crippen molar-refractivity contribution in [3.8, 4) is 6.07 Å². The van der Waals surface area contributed by atoms with Crippen LogP contribution in [0.3, 0.4) is 0 Å². The lowest BCUT2D eigenvalue weighted by molar-refractivity contribution is 1.13. The monoisotopic (exact) mass is 335 g/mol. The number of aromatic nitrogens is 2. The SMILES string of the molecule is CCc1ccc(/C=C(\C#N)c2nc3sc(C)c(C)c3c(=O)[nH]2)cc1. The molecule has 0 atom stereocenters. The van der Waals surface area contributed by atoms with Gasteiger partial charge in [-0.2, -0.15) is 5.26 Å². The molecule has 0 saturated carbocycles. The Hall–Kier alpha value is -2.71. The minimum absolute atomic E-state index is 0.195. The fourth-order valence-electron chi connectivity index (χ4n) is 2.55. The number of rotatable bonds is 3. The van der Waals surface area contributed by atoms with Gasteiger partial charge in [-0.3, -0.25) is 4.79 Å². The Balaban J connectivity index is 2.11. The van der Waals surface area contributed by atoms with Gasteiger partial charge in [0, 0.05) is 4.88 Å². The van der Waals surface area contributed by atoms with E-state index in [1.807, 2.05) is 38.1 Å². The van der Waals surface area contributed by atoms with E-state index in [0.717, 1.165) is 22.4 Å². The molecular formula is C19H17N3OS. The number of allylic oxidation sites excluding steroid dienone is 1. The van der Waals surface area contributed by atoms with Gasteiger partial charge >= 0.3 is 0 Å². The van der Waals surface area contributed by atoms with Crippen molar-refractivity contribution in [2.45, 2.75) is 27.2 Å². The minimum Gasteiger partial charge on any atom is -0.305 e. The summed E-state index contributed by atoms with van der Waals surface area (Å²) in [7, 11) is 0. The number of hydrogen-bond acceptors (Lipinski definition) is 4. The number of nitriles is 1. The summed E-state index contributed by atoms with van der Waals surface area (Å²) in [4.78, 5) is 21.3. The molecule has 1 N–H and O–H groups in total. The molecule has 0 unspecified atom stereocenters. The van der Waals surface area contributed by atoms with E-state index in [9.17, 15) is 10.1 Å². The van der Waals surface area contributed by atoms with E-state index < -0.39 is 0 Å². The van der Waals surface area contributed by atoms with Crippen LogP contribution in [-0.4, -0.2) is 9.97 Å². The van der Waals surface area contributed by atoms with Gasteiger partial charge in [0.25, 0.3) is 5.56 Å². The van der Waals surface area contributed by atoms with Crippen molar-refractivity contribution in [3.63, 3.8) is 0 Å². The molecule has 120 valence electrons. The van der Waals surface area contributed by atoms with Crippen molar-refractivity contribution in [1.29, 1.82) is 5.26 Å². The Bertz CT molecular complexity index is 1030. The minimum atomic E-state index is -0.195. The number of H-pyrrole nitrogens is 1. The quantitative estimate of drug-likeness (QED) is 0.728. The Morgan fingerprint density at radius 3 is 2.67 bits per heavy atom. The summed E-state index contributed by atoms with van der Waals surface area (Å²) in [6.45, 7) is 5.98. The van der Waals surface area contributed by atoms with Crippen LogP contribution in [0.25, 0.3) is 21.9 Å². The van der Waals surface area contributed by atoms with E-state index in [2.05, 4.69) is 23.0 Å². The first-order chi connectivity index (χ1) is 11.5. The van der Waals surface area contributed by atoms with Crippen LogP contribution in [0.15, 0.2) is 29.1 Å². The maximum atomic E-state index is 12.4. The summed E-state index contributed by atoms with van der Waals surface area (Å²) in [5, 5.41) is 10.1. The second kappa shape index (κ2) is 6.42. The van der Waals surface area contributed by atoms with Crippen molar-refractivity contribution in [2.24, 2.45) is 0 Å². The molecule has 2 aromatic heterocycles. The molecule has 0 fully saturated rings. The van der Waals surface area contributed by atoms with E-state index >= 15 is 0 Å². The second-order valence-corrected chi connectivity index (χ2v) is 6.85. The van der Waals surface area contributed by atoms with Crippen LogP contribution >= 0.6 is 11.3 Å². The molecule has 0 aliphatic rings. The largest absolute Gasteiger partial charge is 0.305 e. The van der Waals surface area contributed by atoms with E-state index in [1.165, 1.54) is 16.9 Å². The Morgan fingerprint density at radius 2 is 2.04 bits per heavy atom. The first-order valence-electron chi connectivity index (χ1n) is 7.74. The summed E-state index contributed by atoms with van der Waals surface area (Å²) >= 11 is 1.48. The number of fused-ring (bicyclic) bond motifs is 1. The molecular weight excluding hydrogens is 318 g/mol. The van der Waals surface area contributed by atoms with Crippen LogP contribution in [0.5, 0.6) is 0 Å². The van der Waals surface area contributed by atoms with Crippen LogP contribution in [0.4, 0.5) is 0 Å².